The van der Waals surface area contributed by atoms with Crippen LogP contribution < -0.4 is 15.4 Å². The maximum Gasteiger partial charge on any atom is 0.414 e. The lowest BCUT2D eigenvalue weighted by molar-refractivity contribution is 0.0545. The molecule has 1 rings (SSSR count). The van der Waals surface area contributed by atoms with Gasteiger partial charge >= 0.3 is 12.2 Å². The van der Waals surface area contributed by atoms with E-state index in [9.17, 15) is 9.59 Å². The smallest absolute Gasteiger partial charge is 0.414 e. The second-order valence-corrected chi connectivity index (χ2v) is 7.41. The highest BCUT2D eigenvalue weighted by molar-refractivity contribution is 6.02. The van der Waals surface area contributed by atoms with Gasteiger partial charge in [0, 0.05) is 0 Å². The van der Waals surface area contributed by atoms with Gasteiger partial charge in [0.25, 0.3) is 0 Å². The van der Waals surface area contributed by atoms with Crippen LogP contribution in [0.5, 0.6) is 5.75 Å². The molecule has 2 amide bonds. The minimum atomic E-state index is -0.749. The molecule has 0 bridgehead atoms. The molecule has 1 aromatic rings. The fraction of sp³-hybridized carbons (Fsp3) is 0.500. The molecule has 0 aliphatic heterocycles. The van der Waals surface area contributed by atoms with E-state index in [1.807, 2.05) is 0 Å². The minimum Gasteiger partial charge on any atom is -0.497 e. The molecule has 0 aliphatic carbocycles. The molecule has 0 aliphatic rings. The number of alkyl carbamates (subject to hydrolysis) is 2. The van der Waals surface area contributed by atoms with E-state index in [0.717, 1.165) is 0 Å². The van der Waals surface area contributed by atoms with Crippen molar-refractivity contribution in [3.05, 3.63) is 24.3 Å². The summed E-state index contributed by atoms with van der Waals surface area (Å²) in [4.78, 5) is 28.2. The van der Waals surface area contributed by atoms with E-state index in [1.165, 1.54) is 0 Å². The van der Waals surface area contributed by atoms with Gasteiger partial charge in [-0.3, -0.25) is 10.6 Å². The zero-order valence-electron chi connectivity index (χ0n) is 16.3. The van der Waals surface area contributed by atoms with E-state index < -0.39 is 23.4 Å². The summed E-state index contributed by atoms with van der Waals surface area (Å²) in [5.74, 6) is 0.546. The highest BCUT2D eigenvalue weighted by Gasteiger charge is 2.21. The number of ether oxygens (including phenoxy) is 3. The van der Waals surface area contributed by atoms with Gasteiger partial charge in [0.2, 0.25) is 5.96 Å². The summed E-state index contributed by atoms with van der Waals surface area (Å²) in [6, 6.07) is 6.76. The first kappa shape index (κ1) is 21.3. The first-order valence-electron chi connectivity index (χ1n) is 8.11. The van der Waals surface area contributed by atoms with Gasteiger partial charge in [0.1, 0.15) is 17.0 Å². The van der Waals surface area contributed by atoms with Gasteiger partial charge in [-0.05, 0) is 65.8 Å². The topological polar surface area (TPSA) is 98.3 Å². The van der Waals surface area contributed by atoms with Crippen LogP contribution in [0, 0.1) is 0 Å². The normalized spacial score (nSPS) is 11.2. The van der Waals surface area contributed by atoms with Gasteiger partial charge in [-0.15, -0.1) is 0 Å². The number of guanidine groups is 1. The van der Waals surface area contributed by atoms with Gasteiger partial charge in [-0.25, -0.2) is 14.6 Å². The van der Waals surface area contributed by atoms with Crippen LogP contribution in [-0.4, -0.2) is 36.5 Å². The predicted molar refractivity (Wildman–Crippen MR) is 98.8 cm³/mol. The van der Waals surface area contributed by atoms with E-state index in [0.29, 0.717) is 11.4 Å². The number of rotatable bonds is 2. The number of aliphatic imine (C=N–C) groups is 1. The van der Waals surface area contributed by atoms with E-state index >= 15 is 0 Å². The summed E-state index contributed by atoms with van der Waals surface area (Å²) >= 11 is 0. The van der Waals surface area contributed by atoms with Crippen LogP contribution in [0.4, 0.5) is 15.3 Å². The lowest BCUT2D eigenvalue weighted by Crippen LogP contribution is -2.47. The Bertz CT molecular complexity index is 623. The van der Waals surface area contributed by atoms with E-state index in [-0.39, 0.29) is 5.96 Å². The molecule has 0 atom stereocenters. The molecule has 1 aromatic carbocycles. The fourth-order valence-corrected chi connectivity index (χ4v) is 1.67. The summed E-state index contributed by atoms with van der Waals surface area (Å²) in [5.41, 5.74) is -0.893. The lowest BCUT2D eigenvalue weighted by atomic mass is 10.2. The number of amides is 2. The highest BCUT2D eigenvalue weighted by atomic mass is 16.6. The van der Waals surface area contributed by atoms with E-state index in [4.69, 9.17) is 14.2 Å². The zero-order valence-corrected chi connectivity index (χ0v) is 16.3. The highest BCUT2D eigenvalue weighted by Crippen LogP contribution is 2.17. The number of hydrogen-bond donors (Lipinski definition) is 2. The first-order valence-corrected chi connectivity index (χ1v) is 8.11. The van der Waals surface area contributed by atoms with Crippen molar-refractivity contribution in [2.75, 3.05) is 7.11 Å². The van der Waals surface area contributed by atoms with Crippen molar-refractivity contribution < 1.29 is 23.8 Å². The van der Waals surface area contributed by atoms with Crippen LogP contribution in [0.25, 0.3) is 0 Å². The average molecular weight is 365 g/mol. The van der Waals surface area contributed by atoms with E-state index in [1.54, 1.807) is 72.9 Å². The molecule has 0 radical (unpaired) electrons. The third-order valence-corrected chi connectivity index (χ3v) is 2.55. The third kappa shape index (κ3) is 8.91. The third-order valence-electron chi connectivity index (χ3n) is 2.55. The van der Waals surface area contributed by atoms with Crippen molar-refractivity contribution in [3.63, 3.8) is 0 Å². The number of nitrogens with one attached hydrogen (secondary N) is 2. The Hall–Kier alpha value is -2.77. The predicted octanol–water partition coefficient (Wildman–Crippen LogP) is 3.73. The summed E-state index contributed by atoms with van der Waals surface area (Å²) in [6.07, 6.45) is -1.50. The van der Waals surface area contributed by atoms with Gasteiger partial charge in [-0.2, -0.15) is 0 Å². The van der Waals surface area contributed by atoms with Gasteiger partial charge in [-0.1, -0.05) is 0 Å². The van der Waals surface area contributed by atoms with Crippen LogP contribution in [0.3, 0.4) is 0 Å². The molecule has 0 unspecified atom stereocenters. The molecular weight excluding hydrogens is 338 g/mol. The maximum atomic E-state index is 12.0. The second-order valence-electron chi connectivity index (χ2n) is 7.41. The molecule has 144 valence electrons. The summed E-state index contributed by atoms with van der Waals surface area (Å²) < 4.78 is 15.4. The van der Waals surface area contributed by atoms with Crippen LogP contribution in [0.2, 0.25) is 0 Å². The minimum absolute atomic E-state index is 0.112. The molecule has 0 fully saturated rings. The van der Waals surface area contributed by atoms with Crippen LogP contribution in [0.1, 0.15) is 41.5 Å². The quantitative estimate of drug-likeness (QED) is 0.615. The molecule has 0 spiro atoms. The van der Waals surface area contributed by atoms with E-state index in [2.05, 4.69) is 15.6 Å². The van der Waals surface area contributed by atoms with Crippen molar-refractivity contribution in [2.24, 2.45) is 4.99 Å². The molecule has 26 heavy (non-hydrogen) atoms. The Balaban J connectivity index is 2.97. The van der Waals surface area contributed by atoms with Crippen molar-refractivity contribution in [3.8, 4) is 5.75 Å². The molecule has 0 aromatic heterocycles. The summed E-state index contributed by atoms with van der Waals surface area (Å²) in [5, 5.41) is 4.83. The SMILES string of the molecule is COc1ccc(N=C(NC(=O)OC(C)(C)C)NC(=O)OC(C)(C)C)cc1. The number of nitrogens with zero attached hydrogens (tertiary/aromatic N) is 1. The second kappa shape index (κ2) is 8.55. The van der Waals surface area contributed by atoms with Gasteiger partial charge < -0.3 is 14.2 Å². The van der Waals surface area contributed by atoms with Crippen molar-refractivity contribution in [1.82, 2.24) is 10.6 Å². The fourth-order valence-electron chi connectivity index (χ4n) is 1.67. The Kier molecular flexibility index (Phi) is 7.00. The molecule has 0 saturated carbocycles. The number of benzene rings is 1. The lowest BCUT2D eigenvalue weighted by Gasteiger charge is -2.22. The van der Waals surface area contributed by atoms with Crippen molar-refractivity contribution in [1.29, 1.82) is 0 Å². The molecular formula is C18H27N3O5. The number of carbonyl (C=O) groups excluding carboxylic acids is 2. The van der Waals surface area contributed by atoms with Crippen molar-refractivity contribution >= 4 is 23.8 Å². The number of carbonyl (C=O) groups is 2. The molecule has 8 heteroatoms. The summed E-state index contributed by atoms with van der Waals surface area (Å²) in [7, 11) is 1.55. The Labute approximate surface area is 153 Å². The average Bonchev–Trinajstić information content (AvgIpc) is 2.43. The van der Waals surface area contributed by atoms with Crippen LogP contribution in [0.15, 0.2) is 29.3 Å². The molecule has 0 heterocycles. The standard InChI is InChI=1S/C18H27N3O5/c1-17(2,3)25-15(22)20-14(21-16(23)26-18(4,5)6)19-12-8-10-13(24-7)11-9-12/h8-11H,1-7H3,(H2,19,20,21,22,23). The monoisotopic (exact) mass is 365 g/mol. The Morgan fingerprint density at radius 3 is 1.62 bits per heavy atom. The van der Waals surface area contributed by atoms with Gasteiger partial charge in [0.15, 0.2) is 0 Å². The number of hydrogen-bond acceptors (Lipinski definition) is 6. The molecule has 0 saturated heterocycles. The largest absolute Gasteiger partial charge is 0.497 e. The van der Waals surface area contributed by atoms with Crippen molar-refractivity contribution in [2.45, 2.75) is 52.7 Å². The first-order chi connectivity index (χ1) is 11.9. The Morgan fingerprint density at radius 1 is 0.846 bits per heavy atom. The Morgan fingerprint density at radius 2 is 1.27 bits per heavy atom. The van der Waals surface area contributed by atoms with Gasteiger partial charge in [0.05, 0.1) is 12.8 Å². The summed E-state index contributed by atoms with van der Waals surface area (Å²) in [6.45, 7) is 10.4. The zero-order chi connectivity index (χ0) is 20.0. The van der Waals surface area contributed by atoms with Crippen LogP contribution in [-0.2, 0) is 9.47 Å². The maximum absolute atomic E-state index is 12.0. The number of methoxy groups -OCH3 is 1. The molecule has 8 nitrogen and oxygen atoms in total. The van der Waals surface area contributed by atoms with Crippen LogP contribution >= 0.6 is 0 Å². The molecule has 2 N–H and O–H groups in total.